The molecular weight excluding hydrogens is 516 g/mol. The number of carbonyl (C=O) groups excluding carboxylic acids is 1. The fourth-order valence-corrected chi connectivity index (χ4v) is 3.78. The number of nitrogens with zero attached hydrogens (tertiary/aromatic N) is 6. The molecule has 0 aliphatic carbocycles. The van der Waals surface area contributed by atoms with Gasteiger partial charge in [-0.25, -0.2) is 9.67 Å². The van der Waals surface area contributed by atoms with E-state index in [1.54, 1.807) is 24.3 Å². The van der Waals surface area contributed by atoms with Crippen LogP contribution in [0.4, 0.5) is 32.0 Å². The van der Waals surface area contributed by atoms with Crippen molar-refractivity contribution in [3.8, 4) is 16.8 Å². The molecule has 2 aromatic carbocycles. The van der Waals surface area contributed by atoms with Crippen molar-refractivity contribution in [1.82, 2.24) is 29.5 Å². The molecule has 0 saturated heterocycles. The van der Waals surface area contributed by atoms with Gasteiger partial charge in [-0.15, -0.1) is 5.10 Å². The number of aromatic nitrogens is 6. The number of hydrogen-bond acceptors (Lipinski definition) is 5. The minimum absolute atomic E-state index is 0.214. The van der Waals surface area contributed by atoms with Crippen molar-refractivity contribution in [3.63, 3.8) is 0 Å². The topological polar surface area (TPSA) is 90.5 Å². The molecule has 194 valence electrons. The molecule has 0 unspecified atom stereocenters. The van der Waals surface area contributed by atoms with Gasteiger partial charge in [-0.2, -0.15) is 31.4 Å². The Bertz CT molecular complexity index is 1620. The minimum Gasteiger partial charge on any atom is -0.320 e. The predicted octanol–water partition coefficient (Wildman–Crippen LogP) is 5.51. The van der Waals surface area contributed by atoms with Gasteiger partial charge in [0.25, 0.3) is 11.7 Å². The molecule has 0 saturated carbocycles. The van der Waals surface area contributed by atoms with Gasteiger partial charge in [0.15, 0.2) is 0 Å². The third-order valence-electron chi connectivity index (χ3n) is 5.44. The average Bonchev–Trinajstić information content (AvgIpc) is 3.53. The number of amides is 1. The second-order valence-corrected chi connectivity index (χ2v) is 8.11. The number of carbonyl (C=O) groups is 1. The van der Waals surface area contributed by atoms with Gasteiger partial charge in [-0.1, -0.05) is 12.1 Å². The summed E-state index contributed by atoms with van der Waals surface area (Å²) in [4.78, 5) is 20.5. The summed E-state index contributed by atoms with van der Waals surface area (Å²) in [6.07, 6.45) is -4.11. The van der Waals surface area contributed by atoms with E-state index in [0.717, 1.165) is 15.7 Å². The van der Waals surface area contributed by atoms with Gasteiger partial charge >= 0.3 is 12.4 Å². The first-order valence-corrected chi connectivity index (χ1v) is 10.9. The van der Waals surface area contributed by atoms with Crippen molar-refractivity contribution in [2.24, 2.45) is 0 Å². The normalized spacial score (nSPS) is 12.2. The molecule has 0 radical (unpaired) electrons. The first-order valence-electron chi connectivity index (χ1n) is 10.9. The van der Waals surface area contributed by atoms with Gasteiger partial charge in [0, 0.05) is 28.9 Å². The van der Waals surface area contributed by atoms with E-state index < -0.39 is 30.6 Å². The molecule has 0 aliphatic heterocycles. The number of nitrogens with one attached hydrogen (secondary N) is 1. The molecule has 0 atom stereocenters. The van der Waals surface area contributed by atoms with E-state index in [0.29, 0.717) is 27.7 Å². The monoisotopic (exact) mass is 531 g/mol. The van der Waals surface area contributed by atoms with Crippen LogP contribution in [0.5, 0.6) is 0 Å². The molecule has 1 amide bonds. The Morgan fingerprint density at radius 1 is 0.947 bits per heavy atom. The van der Waals surface area contributed by atoms with E-state index in [-0.39, 0.29) is 11.3 Å². The molecule has 0 bridgehead atoms. The highest BCUT2D eigenvalue weighted by Gasteiger charge is 2.36. The Morgan fingerprint density at radius 2 is 1.71 bits per heavy atom. The van der Waals surface area contributed by atoms with Crippen LogP contribution in [0.15, 0.2) is 73.4 Å². The lowest BCUT2D eigenvalue weighted by atomic mass is 10.0. The van der Waals surface area contributed by atoms with Crippen molar-refractivity contribution in [3.05, 3.63) is 84.8 Å². The zero-order valence-electron chi connectivity index (χ0n) is 19.0. The maximum Gasteiger partial charge on any atom is 0.453 e. The van der Waals surface area contributed by atoms with Crippen LogP contribution in [0.2, 0.25) is 0 Å². The van der Waals surface area contributed by atoms with Crippen LogP contribution < -0.4 is 5.32 Å². The third-order valence-corrected chi connectivity index (χ3v) is 5.44. The van der Waals surface area contributed by atoms with Crippen molar-refractivity contribution >= 4 is 22.5 Å². The summed E-state index contributed by atoms with van der Waals surface area (Å²) >= 11 is 0. The summed E-state index contributed by atoms with van der Waals surface area (Å²) in [7, 11) is 0. The Kier molecular flexibility index (Phi) is 6.09. The number of halogens is 6. The van der Waals surface area contributed by atoms with E-state index in [4.69, 9.17) is 0 Å². The summed E-state index contributed by atoms with van der Waals surface area (Å²) in [5.74, 6) is -1.79. The second kappa shape index (κ2) is 9.28. The number of anilines is 1. The van der Waals surface area contributed by atoms with Crippen LogP contribution in [-0.4, -0.2) is 41.6 Å². The molecule has 5 aromatic rings. The van der Waals surface area contributed by atoms with Crippen LogP contribution in [0.25, 0.3) is 27.7 Å². The van der Waals surface area contributed by atoms with Crippen molar-refractivity contribution in [2.75, 3.05) is 5.32 Å². The molecule has 8 nitrogen and oxygen atoms in total. The Hall–Kier alpha value is -4.75. The Morgan fingerprint density at radius 3 is 2.39 bits per heavy atom. The van der Waals surface area contributed by atoms with Gasteiger partial charge in [0.1, 0.15) is 12.9 Å². The lowest BCUT2D eigenvalue weighted by Crippen LogP contribution is -2.17. The molecule has 0 spiro atoms. The van der Waals surface area contributed by atoms with Gasteiger partial charge in [-0.05, 0) is 42.0 Å². The molecule has 38 heavy (non-hydrogen) atoms. The molecule has 0 aliphatic rings. The van der Waals surface area contributed by atoms with Gasteiger partial charge in [0.2, 0.25) is 0 Å². The molecular formula is C24H15F6N7O. The van der Waals surface area contributed by atoms with Crippen molar-refractivity contribution < 1.29 is 31.1 Å². The number of para-hydroxylation sites is 1. The highest BCUT2D eigenvalue weighted by molar-refractivity contribution is 6.10. The molecule has 3 aromatic heterocycles. The summed E-state index contributed by atoms with van der Waals surface area (Å²) in [6, 6.07) is 12.3. The van der Waals surface area contributed by atoms with E-state index >= 15 is 0 Å². The van der Waals surface area contributed by atoms with Crippen LogP contribution in [0.3, 0.4) is 0 Å². The zero-order valence-corrected chi connectivity index (χ0v) is 19.0. The molecule has 14 heteroatoms. The summed E-state index contributed by atoms with van der Waals surface area (Å²) in [5.41, 5.74) is 2.27. The second-order valence-electron chi connectivity index (χ2n) is 8.11. The number of benzene rings is 2. The van der Waals surface area contributed by atoms with Crippen molar-refractivity contribution in [1.29, 1.82) is 0 Å². The van der Waals surface area contributed by atoms with E-state index in [2.05, 4.69) is 25.5 Å². The zero-order chi connectivity index (χ0) is 27.1. The maximum absolute atomic E-state index is 12.9. The minimum atomic E-state index is -4.68. The van der Waals surface area contributed by atoms with Crippen LogP contribution >= 0.6 is 0 Å². The molecule has 1 N–H and O–H groups in total. The lowest BCUT2D eigenvalue weighted by Gasteiger charge is -2.11. The number of alkyl halides is 6. The first-order chi connectivity index (χ1) is 18.0. The smallest absolute Gasteiger partial charge is 0.320 e. The maximum atomic E-state index is 12.9. The standard InChI is InChI=1S/C24H15F6N7O/c25-23(26,27)12-36-11-15(10-33-36)17-8-9-31-20-18(17)2-1-3-19(20)34-21(38)14-4-6-16(7-5-14)37-13-32-22(35-37)24(28,29)30/h1-11,13H,12H2,(H,34,38). The molecule has 3 heterocycles. The quantitative estimate of drug-likeness (QED) is 0.302. The average molecular weight is 531 g/mol. The Balaban J connectivity index is 1.38. The van der Waals surface area contributed by atoms with Crippen LogP contribution in [0.1, 0.15) is 16.2 Å². The van der Waals surface area contributed by atoms with Gasteiger partial charge in [0.05, 0.1) is 23.1 Å². The van der Waals surface area contributed by atoms with E-state index in [1.165, 1.54) is 42.9 Å². The molecule has 0 fully saturated rings. The molecule has 5 rings (SSSR count). The third kappa shape index (κ3) is 5.19. The van der Waals surface area contributed by atoms with Gasteiger partial charge in [-0.3, -0.25) is 14.5 Å². The number of hydrogen-bond donors (Lipinski definition) is 1. The Labute approximate surface area is 209 Å². The SMILES string of the molecule is O=C(Nc1cccc2c(-c3cnn(CC(F)(F)F)c3)ccnc12)c1ccc(-n2cnc(C(F)(F)F)n2)cc1. The van der Waals surface area contributed by atoms with E-state index in [9.17, 15) is 31.1 Å². The number of pyridine rings is 1. The highest BCUT2D eigenvalue weighted by Crippen LogP contribution is 2.32. The van der Waals surface area contributed by atoms with Gasteiger partial charge < -0.3 is 5.32 Å². The van der Waals surface area contributed by atoms with Crippen LogP contribution in [0, 0.1) is 0 Å². The summed E-state index contributed by atoms with van der Waals surface area (Å²) < 4.78 is 78.1. The number of rotatable bonds is 5. The number of fused-ring (bicyclic) bond motifs is 1. The first kappa shape index (κ1) is 24.9. The fraction of sp³-hybridized carbons (Fsp3) is 0.125. The van der Waals surface area contributed by atoms with Crippen molar-refractivity contribution in [2.45, 2.75) is 18.9 Å². The largest absolute Gasteiger partial charge is 0.453 e. The highest BCUT2D eigenvalue weighted by atomic mass is 19.4. The lowest BCUT2D eigenvalue weighted by molar-refractivity contribution is -0.145. The van der Waals surface area contributed by atoms with E-state index in [1.807, 2.05) is 0 Å². The summed E-state index contributed by atoms with van der Waals surface area (Å²) in [5, 5.41) is 10.5. The fourth-order valence-electron chi connectivity index (χ4n) is 3.78. The van der Waals surface area contributed by atoms with Crippen LogP contribution in [-0.2, 0) is 12.7 Å². The summed E-state index contributed by atoms with van der Waals surface area (Å²) in [6.45, 7) is -1.23. The predicted molar refractivity (Wildman–Crippen MR) is 123 cm³/mol.